The zero-order chi connectivity index (χ0) is 26.6. The van der Waals surface area contributed by atoms with Crippen LogP contribution in [0.25, 0.3) is 32.9 Å². The van der Waals surface area contributed by atoms with Gasteiger partial charge in [0, 0.05) is 41.2 Å². The van der Waals surface area contributed by atoms with E-state index in [1.165, 1.54) is 12.8 Å². The Hall–Kier alpha value is -3.55. The van der Waals surface area contributed by atoms with Crippen LogP contribution in [0.5, 0.6) is 0 Å². The Morgan fingerprint density at radius 3 is 2.53 bits per heavy atom. The van der Waals surface area contributed by atoms with E-state index in [0.717, 1.165) is 68.5 Å². The van der Waals surface area contributed by atoms with Crippen molar-refractivity contribution < 1.29 is 19.4 Å². The maximum absolute atomic E-state index is 12.7. The number of pyridine rings is 2. The number of aliphatic carboxylic acids is 1. The average Bonchev–Trinajstić information content (AvgIpc) is 3.42. The molecule has 4 aromatic rings. The van der Waals surface area contributed by atoms with Gasteiger partial charge in [0.2, 0.25) is 0 Å². The van der Waals surface area contributed by atoms with Gasteiger partial charge >= 0.3 is 5.97 Å². The van der Waals surface area contributed by atoms with E-state index in [0.29, 0.717) is 18.8 Å². The van der Waals surface area contributed by atoms with Gasteiger partial charge in [0.05, 0.1) is 29.8 Å². The summed E-state index contributed by atoms with van der Waals surface area (Å²) in [5, 5.41) is 12.4. The summed E-state index contributed by atoms with van der Waals surface area (Å²) in [7, 11) is 0. The fraction of sp³-hybridized carbons (Fsp3) is 0.387. The number of anilines is 1. The molecule has 196 valence electrons. The molecule has 38 heavy (non-hydrogen) atoms. The van der Waals surface area contributed by atoms with Crippen molar-refractivity contribution in [3.05, 3.63) is 64.8 Å². The highest BCUT2D eigenvalue weighted by Gasteiger charge is 2.33. The fourth-order valence-electron chi connectivity index (χ4n) is 5.87. The molecule has 7 heteroatoms. The topological polar surface area (TPSA) is 84.8 Å². The zero-order valence-corrected chi connectivity index (χ0v) is 22.4. The number of carboxylic acid groups (broad SMARTS) is 1. The van der Waals surface area contributed by atoms with E-state index in [4.69, 9.17) is 19.4 Å². The monoisotopic (exact) mass is 511 g/mol. The number of nitrogens with zero attached hydrogens (tertiary/aromatic N) is 3. The molecule has 1 atom stereocenters. The molecule has 0 unspecified atom stereocenters. The van der Waals surface area contributed by atoms with Gasteiger partial charge in [0.1, 0.15) is 5.82 Å². The third-order valence-electron chi connectivity index (χ3n) is 7.46. The maximum atomic E-state index is 12.7. The number of benzene rings is 2. The molecule has 0 spiro atoms. The molecule has 7 nitrogen and oxygen atoms in total. The smallest absolute Gasteiger partial charge is 0.337 e. The normalized spacial score (nSPS) is 16.4. The molecule has 6 rings (SSSR count). The number of aromatic nitrogens is 2. The largest absolute Gasteiger partial charge is 0.479 e. The van der Waals surface area contributed by atoms with Crippen LogP contribution < -0.4 is 4.90 Å². The standard InChI is InChI=1S/C31H33N3O4/c1-18-15-23-21(9-10-24(33-23)34-13-5-6-14-34)27(25(18)29(30(35)36)38-31(2,3)4)22-8-7-19-16-37-17-20-11-12-32-28(22)26(19)20/h7-12,15,29H,5-6,13-14,16-17H2,1-4H3,(H,35,36)/t29-/m0/s1. The summed E-state index contributed by atoms with van der Waals surface area (Å²) in [6, 6.07) is 12.3. The first-order valence-corrected chi connectivity index (χ1v) is 13.3. The lowest BCUT2D eigenvalue weighted by molar-refractivity contribution is -0.160. The molecular formula is C31H33N3O4. The third kappa shape index (κ3) is 4.29. The van der Waals surface area contributed by atoms with Gasteiger partial charge in [0.25, 0.3) is 0 Å². The number of aryl methyl sites for hydroxylation is 1. The molecule has 2 aliphatic heterocycles. The Balaban J connectivity index is 1.68. The summed E-state index contributed by atoms with van der Waals surface area (Å²) in [5.41, 5.74) is 6.39. The van der Waals surface area contributed by atoms with Crippen LogP contribution in [-0.4, -0.2) is 39.7 Å². The summed E-state index contributed by atoms with van der Waals surface area (Å²) in [6.45, 7) is 10.7. The van der Waals surface area contributed by atoms with Crippen LogP contribution in [-0.2, 0) is 27.5 Å². The van der Waals surface area contributed by atoms with Crippen LogP contribution >= 0.6 is 0 Å². The van der Waals surface area contributed by atoms with E-state index in [2.05, 4.69) is 23.1 Å². The molecule has 1 N–H and O–H groups in total. The molecule has 2 aromatic carbocycles. The van der Waals surface area contributed by atoms with Crippen molar-refractivity contribution in [1.82, 2.24) is 9.97 Å². The second-order valence-corrected chi connectivity index (χ2v) is 11.3. The molecule has 0 saturated carbocycles. The van der Waals surface area contributed by atoms with E-state index in [9.17, 15) is 9.90 Å². The van der Waals surface area contributed by atoms with Crippen LogP contribution in [0.3, 0.4) is 0 Å². The molecule has 0 bridgehead atoms. The van der Waals surface area contributed by atoms with Gasteiger partial charge in [-0.2, -0.15) is 0 Å². The number of ether oxygens (including phenoxy) is 2. The quantitative estimate of drug-likeness (QED) is 0.335. The SMILES string of the molecule is Cc1cc2nc(N3CCCC3)ccc2c(-c2ccc3c4c(ccnc24)COC3)c1[C@H](OC(C)(C)C)C(=O)O. The zero-order valence-electron chi connectivity index (χ0n) is 22.4. The first-order chi connectivity index (χ1) is 18.2. The van der Waals surface area contributed by atoms with E-state index in [1.807, 2.05) is 45.9 Å². The summed E-state index contributed by atoms with van der Waals surface area (Å²) in [4.78, 5) is 24.9. The first-order valence-electron chi connectivity index (χ1n) is 13.3. The highest BCUT2D eigenvalue weighted by molar-refractivity contribution is 6.07. The number of rotatable bonds is 5. The second-order valence-electron chi connectivity index (χ2n) is 11.3. The number of fused-ring (bicyclic) bond motifs is 1. The van der Waals surface area contributed by atoms with Gasteiger partial charge in [-0.05, 0) is 87.1 Å². The van der Waals surface area contributed by atoms with Crippen LogP contribution in [0.4, 0.5) is 5.82 Å². The van der Waals surface area contributed by atoms with E-state index >= 15 is 0 Å². The summed E-state index contributed by atoms with van der Waals surface area (Å²) < 4.78 is 12.0. The molecule has 0 amide bonds. The summed E-state index contributed by atoms with van der Waals surface area (Å²) >= 11 is 0. The lowest BCUT2D eigenvalue weighted by atomic mass is 9.86. The van der Waals surface area contributed by atoms with E-state index in [1.54, 1.807) is 6.20 Å². The van der Waals surface area contributed by atoms with Crippen molar-refractivity contribution in [2.75, 3.05) is 18.0 Å². The van der Waals surface area contributed by atoms with Crippen LogP contribution in [0.2, 0.25) is 0 Å². The highest BCUT2D eigenvalue weighted by Crippen LogP contribution is 2.44. The maximum Gasteiger partial charge on any atom is 0.337 e. The number of carbonyl (C=O) groups is 1. The van der Waals surface area contributed by atoms with Gasteiger partial charge in [-0.15, -0.1) is 0 Å². The lowest BCUT2D eigenvalue weighted by Crippen LogP contribution is -2.28. The molecule has 0 radical (unpaired) electrons. The number of hydrogen-bond acceptors (Lipinski definition) is 6. The van der Waals surface area contributed by atoms with Crippen molar-refractivity contribution in [3.8, 4) is 11.1 Å². The van der Waals surface area contributed by atoms with Gasteiger partial charge in [-0.25, -0.2) is 9.78 Å². The fourth-order valence-corrected chi connectivity index (χ4v) is 5.87. The molecular weight excluding hydrogens is 478 g/mol. The third-order valence-corrected chi connectivity index (χ3v) is 7.46. The van der Waals surface area contributed by atoms with Gasteiger partial charge in [-0.3, -0.25) is 4.98 Å². The average molecular weight is 512 g/mol. The molecule has 2 aromatic heterocycles. The molecule has 4 heterocycles. The van der Waals surface area contributed by atoms with Crippen molar-refractivity contribution in [3.63, 3.8) is 0 Å². The highest BCUT2D eigenvalue weighted by atomic mass is 16.5. The Kier molecular flexibility index (Phi) is 6.08. The lowest BCUT2D eigenvalue weighted by Gasteiger charge is -2.29. The molecule has 2 aliphatic rings. The van der Waals surface area contributed by atoms with E-state index < -0.39 is 17.7 Å². The van der Waals surface area contributed by atoms with E-state index in [-0.39, 0.29) is 0 Å². The van der Waals surface area contributed by atoms with Crippen LogP contribution in [0, 0.1) is 6.92 Å². The summed E-state index contributed by atoms with van der Waals surface area (Å²) in [6.07, 6.45) is 3.00. The minimum Gasteiger partial charge on any atom is -0.479 e. The number of hydrogen-bond donors (Lipinski definition) is 1. The predicted octanol–water partition coefficient (Wildman–Crippen LogP) is 6.33. The minimum absolute atomic E-state index is 0.530. The Labute approximate surface area is 222 Å². The minimum atomic E-state index is -1.15. The van der Waals surface area contributed by atoms with Gasteiger partial charge in [-0.1, -0.05) is 12.1 Å². The van der Waals surface area contributed by atoms with Gasteiger partial charge in [0.15, 0.2) is 6.10 Å². The van der Waals surface area contributed by atoms with Crippen molar-refractivity contribution in [2.45, 2.75) is 65.5 Å². The second kappa shape index (κ2) is 9.33. The molecule has 0 aliphatic carbocycles. The Morgan fingerprint density at radius 1 is 1.08 bits per heavy atom. The predicted molar refractivity (Wildman–Crippen MR) is 148 cm³/mol. The Bertz CT molecular complexity index is 1560. The Morgan fingerprint density at radius 2 is 1.82 bits per heavy atom. The number of carboxylic acids is 1. The van der Waals surface area contributed by atoms with Crippen LogP contribution in [0.1, 0.15) is 62.0 Å². The van der Waals surface area contributed by atoms with Crippen molar-refractivity contribution in [1.29, 1.82) is 0 Å². The summed E-state index contributed by atoms with van der Waals surface area (Å²) in [5.74, 6) is -0.0599. The van der Waals surface area contributed by atoms with Crippen molar-refractivity contribution >= 4 is 33.6 Å². The molecule has 1 fully saturated rings. The van der Waals surface area contributed by atoms with Crippen molar-refractivity contribution in [2.24, 2.45) is 0 Å². The first kappa shape index (κ1) is 24.8. The molecule has 1 saturated heterocycles. The van der Waals surface area contributed by atoms with Gasteiger partial charge < -0.3 is 19.5 Å². The van der Waals surface area contributed by atoms with Crippen LogP contribution in [0.15, 0.2) is 42.6 Å².